The van der Waals surface area contributed by atoms with Gasteiger partial charge in [0, 0.05) is 5.41 Å². The van der Waals surface area contributed by atoms with Crippen LogP contribution in [-0.2, 0) is 6.18 Å². The molecular weight excluding hydrogens is 215 g/mol. The molecule has 1 heterocycles. The Morgan fingerprint density at radius 3 is 2.25 bits per heavy atom. The summed E-state index contributed by atoms with van der Waals surface area (Å²) in [6.07, 6.45) is -4.42. The van der Waals surface area contributed by atoms with Gasteiger partial charge in [-0.2, -0.15) is 13.2 Å². The van der Waals surface area contributed by atoms with Crippen molar-refractivity contribution in [1.29, 1.82) is 0 Å². The van der Waals surface area contributed by atoms with Crippen molar-refractivity contribution in [2.75, 3.05) is 0 Å². The van der Waals surface area contributed by atoms with Crippen LogP contribution in [0.5, 0.6) is 0 Å². The summed E-state index contributed by atoms with van der Waals surface area (Å²) >= 11 is 0. The molecule has 0 saturated heterocycles. The maximum atomic E-state index is 12.3. The van der Waals surface area contributed by atoms with Crippen LogP contribution in [0.4, 0.5) is 13.2 Å². The van der Waals surface area contributed by atoms with Gasteiger partial charge in [0.25, 0.3) is 0 Å². The SMILES string of the molecule is CC(C)(C)C#Cc1cccc(C(F)(F)F)n1. The van der Waals surface area contributed by atoms with Crippen LogP contribution < -0.4 is 0 Å². The average molecular weight is 227 g/mol. The maximum absolute atomic E-state index is 12.3. The standard InChI is InChI=1S/C12H12F3N/c1-11(2,3)8-7-9-5-4-6-10(16-9)12(13,14)15/h4-6H,1-3H3. The summed E-state index contributed by atoms with van der Waals surface area (Å²) in [4.78, 5) is 3.45. The Hall–Kier alpha value is -1.50. The first kappa shape index (κ1) is 12.6. The van der Waals surface area contributed by atoms with E-state index in [2.05, 4.69) is 16.8 Å². The molecule has 1 aromatic heterocycles. The summed E-state index contributed by atoms with van der Waals surface area (Å²) in [6.45, 7) is 5.65. The highest BCUT2D eigenvalue weighted by atomic mass is 19.4. The molecule has 0 unspecified atom stereocenters. The number of hydrogen-bond donors (Lipinski definition) is 0. The quantitative estimate of drug-likeness (QED) is 0.618. The summed E-state index contributed by atoms with van der Waals surface area (Å²) < 4.78 is 37.0. The Morgan fingerprint density at radius 2 is 1.75 bits per heavy atom. The van der Waals surface area contributed by atoms with Crippen molar-refractivity contribution < 1.29 is 13.2 Å². The lowest BCUT2D eigenvalue weighted by Gasteiger charge is -2.07. The normalized spacial score (nSPS) is 11.9. The highest BCUT2D eigenvalue weighted by molar-refractivity contribution is 5.30. The zero-order valence-corrected chi connectivity index (χ0v) is 9.31. The van der Waals surface area contributed by atoms with Gasteiger partial charge in [0.1, 0.15) is 11.4 Å². The van der Waals surface area contributed by atoms with E-state index in [1.807, 2.05) is 20.8 Å². The zero-order valence-electron chi connectivity index (χ0n) is 9.31. The van der Waals surface area contributed by atoms with E-state index in [1.54, 1.807) is 0 Å². The van der Waals surface area contributed by atoms with Gasteiger partial charge >= 0.3 is 6.18 Å². The smallest absolute Gasteiger partial charge is 0.235 e. The molecule has 0 spiro atoms. The van der Waals surface area contributed by atoms with Crippen LogP contribution >= 0.6 is 0 Å². The molecule has 1 aromatic rings. The van der Waals surface area contributed by atoms with Gasteiger partial charge in [0.15, 0.2) is 0 Å². The number of alkyl halides is 3. The highest BCUT2D eigenvalue weighted by Gasteiger charge is 2.32. The molecule has 0 aliphatic heterocycles. The summed E-state index contributed by atoms with van der Waals surface area (Å²) in [5, 5.41) is 0. The average Bonchev–Trinajstić information content (AvgIpc) is 2.13. The molecule has 0 aliphatic carbocycles. The van der Waals surface area contributed by atoms with Gasteiger partial charge < -0.3 is 0 Å². The topological polar surface area (TPSA) is 12.9 Å². The third-order valence-corrected chi connectivity index (χ3v) is 1.61. The Morgan fingerprint density at radius 1 is 1.12 bits per heavy atom. The lowest BCUT2D eigenvalue weighted by atomic mass is 9.98. The third-order valence-electron chi connectivity index (χ3n) is 1.61. The molecule has 0 amide bonds. The molecular formula is C12H12F3N. The van der Waals surface area contributed by atoms with Crippen LogP contribution in [0.2, 0.25) is 0 Å². The van der Waals surface area contributed by atoms with Crippen LogP contribution in [0.25, 0.3) is 0 Å². The van der Waals surface area contributed by atoms with Gasteiger partial charge in [-0.1, -0.05) is 12.0 Å². The van der Waals surface area contributed by atoms with Crippen molar-refractivity contribution in [2.45, 2.75) is 26.9 Å². The predicted molar refractivity (Wildman–Crippen MR) is 55.6 cm³/mol. The monoisotopic (exact) mass is 227 g/mol. The van der Waals surface area contributed by atoms with Gasteiger partial charge in [-0.15, -0.1) is 0 Å². The number of aromatic nitrogens is 1. The molecule has 0 fully saturated rings. The second-order valence-corrected chi connectivity index (χ2v) is 4.41. The van der Waals surface area contributed by atoms with Gasteiger partial charge in [0.2, 0.25) is 0 Å². The Labute approximate surface area is 92.7 Å². The highest BCUT2D eigenvalue weighted by Crippen LogP contribution is 2.27. The van der Waals surface area contributed by atoms with Crippen molar-refractivity contribution in [3.63, 3.8) is 0 Å². The van der Waals surface area contributed by atoms with Crippen molar-refractivity contribution in [2.24, 2.45) is 5.41 Å². The number of hydrogen-bond acceptors (Lipinski definition) is 1. The van der Waals surface area contributed by atoms with E-state index >= 15 is 0 Å². The Balaban J connectivity index is 3.04. The van der Waals surface area contributed by atoms with Gasteiger partial charge in [-0.3, -0.25) is 0 Å². The summed E-state index contributed by atoms with van der Waals surface area (Å²) in [5.41, 5.74) is -1.02. The Bertz CT molecular complexity index is 430. The van der Waals surface area contributed by atoms with Crippen LogP contribution in [-0.4, -0.2) is 4.98 Å². The van der Waals surface area contributed by atoms with Gasteiger partial charge in [0.05, 0.1) is 0 Å². The largest absolute Gasteiger partial charge is 0.433 e. The van der Waals surface area contributed by atoms with Crippen LogP contribution in [0, 0.1) is 17.3 Å². The molecule has 0 atom stereocenters. The van der Waals surface area contributed by atoms with E-state index < -0.39 is 11.9 Å². The van der Waals surface area contributed by atoms with Gasteiger partial charge in [-0.25, -0.2) is 4.98 Å². The van der Waals surface area contributed by atoms with Crippen molar-refractivity contribution in [3.8, 4) is 11.8 Å². The van der Waals surface area contributed by atoms with E-state index in [1.165, 1.54) is 12.1 Å². The summed E-state index contributed by atoms with van der Waals surface area (Å²) in [5.74, 6) is 5.47. The fourth-order valence-corrected chi connectivity index (χ4v) is 0.914. The van der Waals surface area contributed by atoms with Crippen LogP contribution in [0.15, 0.2) is 18.2 Å². The fourth-order valence-electron chi connectivity index (χ4n) is 0.914. The van der Waals surface area contributed by atoms with E-state index in [9.17, 15) is 13.2 Å². The van der Waals surface area contributed by atoms with E-state index in [-0.39, 0.29) is 11.1 Å². The summed E-state index contributed by atoms with van der Waals surface area (Å²) in [6, 6.07) is 3.71. The number of nitrogens with zero attached hydrogens (tertiary/aromatic N) is 1. The molecule has 86 valence electrons. The number of halogens is 3. The zero-order chi connectivity index (χ0) is 12.4. The minimum atomic E-state index is -4.42. The Kier molecular flexibility index (Phi) is 3.27. The first-order valence-electron chi connectivity index (χ1n) is 4.76. The van der Waals surface area contributed by atoms with E-state index in [4.69, 9.17) is 0 Å². The lowest BCUT2D eigenvalue weighted by molar-refractivity contribution is -0.141. The molecule has 1 rings (SSSR count). The molecule has 4 heteroatoms. The minimum absolute atomic E-state index is 0.143. The van der Waals surface area contributed by atoms with Gasteiger partial charge in [-0.05, 0) is 38.8 Å². The first-order valence-corrected chi connectivity index (χ1v) is 4.76. The predicted octanol–water partition coefficient (Wildman–Crippen LogP) is 3.50. The minimum Gasteiger partial charge on any atom is -0.235 e. The number of pyridine rings is 1. The molecule has 16 heavy (non-hydrogen) atoms. The molecule has 0 aliphatic rings. The fraction of sp³-hybridized carbons (Fsp3) is 0.417. The second-order valence-electron chi connectivity index (χ2n) is 4.41. The van der Waals surface area contributed by atoms with E-state index in [0.29, 0.717) is 0 Å². The molecule has 0 radical (unpaired) electrons. The van der Waals surface area contributed by atoms with Crippen LogP contribution in [0.1, 0.15) is 32.2 Å². The third kappa shape index (κ3) is 3.93. The lowest BCUT2D eigenvalue weighted by Crippen LogP contribution is -2.08. The van der Waals surface area contributed by atoms with Crippen LogP contribution in [0.3, 0.4) is 0 Å². The summed E-state index contributed by atoms with van der Waals surface area (Å²) in [7, 11) is 0. The molecule has 1 nitrogen and oxygen atoms in total. The molecule has 0 aromatic carbocycles. The number of rotatable bonds is 0. The van der Waals surface area contributed by atoms with Crippen molar-refractivity contribution >= 4 is 0 Å². The molecule has 0 bridgehead atoms. The second kappa shape index (κ2) is 4.17. The molecule has 0 saturated carbocycles. The first-order chi connectivity index (χ1) is 7.18. The van der Waals surface area contributed by atoms with Crippen molar-refractivity contribution in [1.82, 2.24) is 4.98 Å². The van der Waals surface area contributed by atoms with Crippen molar-refractivity contribution in [3.05, 3.63) is 29.6 Å². The maximum Gasteiger partial charge on any atom is 0.433 e. The van der Waals surface area contributed by atoms with E-state index in [0.717, 1.165) is 6.07 Å². The molecule has 0 N–H and O–H groups in total.